The Morgan fingerprint density at radius 3 is 2.50 bits per heavy atom. The second kappa shape index (κ2) is 5.46. The van der Waals surface area contributed by atoms with Crippen LogP contribution in [-0.2, 0) is 0 Å². The van der Waals surface area contributed by atoms with E-state index >= 15 is 0 Å². The van der Waals surface area contributed by atoms with Crippen LogP contribution in [0.2, 0.25) is 5.02 Å². The van der Waals surface area contributed by atoms with Gasteiger partial charge in [0.25, 0.3) is 0 Å². The predicted octanol–water partition coefficient (Wildman–Crippen LogP) is 2.03. The van der Waals surface area contributed by atoms with Crippen molar-refractivity contribution in [2.24, 2.45) is 5.73 Å². The zero-order valence-corrected chi connectivity index (χ0v) is 8.58. The van der Waals surface area contributed by atoms with Crippen LogP contribution in [0, 0.1) is 11.6 Å². The van der Waals surface area contributed by atoms with Crippen LogP contribution in [0.5, 0.6) is 0 Å². The van der Waals surface area contributed by atoms with E-state index in [1.165, 1.54) is 0 Å². The van der Waals surface area contributed by atoms with Crippen LogP contribution in [0.4, 0.5) is 8.78 Å². The minimum Gasteiger partial charge on any atom is -0.394 e. The normalized spacial score (nSPS) is 12.1. The Kier molecular flexibility index (Phi) is 5.29. The van der Waals surface area contributed by atoms with Crippen LogP contribution in [0.25, 0.3) is 0 Å². The van der Waals surface area contributed by atoms with Gasteiger partial charge in [-0.2, -0.15) is 0 Å². The summed E-state index contributed by atoms with van der Waals surface area (Å²) in [5.41, 5.74) is 4.90. The van der Waals surface area contributed by atoms with Gasteiger partial charge in [-0.1, -0.05) is 11.6 Å². The van der Waals surface area contributed by atoms with Gasteiger partial charge in [-0.3, -0.25) is 0 Å². The molecule has 2 nitrogen and oxygen atoms in total. The molecule has 0 aromatic heterocycles. The molecule has 0 heterocycles. The van der Waals surface area contributed by atoms with E-state index in [2.05, 4.69) is 0 Å². The maximum Gasteiger partial charge on any atom is 0.149 e. The van der Waals surface area contributed by atoms with Crippen LogP contribution >= 0.6 is 24.0 Å². The molecule has 0 unspecified atom stereocenters. The van der Waals surface area contributed by atoms with Crippen LogP contribution in [0.3, 0.4) is 0 Å². The lowest BCUT2D eigenvalue weighted by atomic mass is 10.1. The van der Waals surface area contributed by atoms with Crippen LogP contribution in [0.15, 0.2) is 12.1 Å². The summed E-state index contributed by atoms with van der Waals surface area (Å²) in [6.45, 7) is -0.534. The largest absolute Gasteiger partial charge is 0.394 e. The van der Waals surface area contributed by atoms with Crippen LogP contribution in [-0.4, -0.2) is 11.7 Å². The summed E-state index contributed by atoms with van der Waals surface area (Å²) in [5.74, 6) is -1.72. The van der Waals surface area contributed by atoms with Gasteiger partial charge >= 0.3 is 0 Å². The topological polar surface area (TPSA) is 46.2 Å². The van der Waals surface area contributed by atoms with Crippen molar-refractivity contribution in [2.75, 3.05) is 6.61 Å². The Morgan fingerprint density at radius 2 is 2.00 bits per heavy atom. The molecule has 1 aromatic rings. The lowest BCUT2D eigenvalue weighted by Gasteiger charge is -2.11. The first-order valence-electron chi connectivity index (χ1n) is 3.57. The monoisotopic (exact) mass is 243 g/mol. The fraction of sp³-hybridized carbons (Fsp3) is 0.250. The molecule has 0 bridgehead atoms. The highest BCUT2D eigenvalue weighted by Gasteiger charge is 2.18. The highest BCUT2D eigenvalue weighted by atomic mass is 35.5. The molecule has 1 atom stereocenters. The lowest BCUT2D eigenvalue weighted by molar-refractivity contribution is 0.262. The number of benzene rings is 1. The zero-order chi connectivity index (χ0) is 10.0. The third-order valence-corrected chi connectivity index (χ3v) is 1.94. The summed E-state index contributed by atoms with van der Waals surface area (Å²) in [4.78, 5) is 0. The van der Waals surface area contributed by atoms with Gasteiger partial charge in [-0.25, -0.2) is 8.78 Å². The van der Waals surface area contributed by atoms with E-state index in [-0.39, 0.29) is 23.0 Å². The minimum atomic E-state index is -1.08. The van der Waals surface area contributed by atoms with Crippen LogP contribution < -0.4 is 5.73 Å². The summed E-state index contributed by atoms with van der Waals surface area (Å²) in [6, 6.07) is 1.02. The molecular weight excluding hydrogens is 235 g/mol. The number of halogens is 4. The average Bonchev–Trinajstić information content (AvgIpc) is 2.12. The van der Waals surface area contributed by atoms with Crippen molar-refractivity contribution >= 4 is 24.0 Å². The fourth-order valence-corrected chi connectivity index (χ4v) is 1.14. The molecule has 6 heteroatoms. The van der Waals surface area contributed by atoms with Crippen molar-refractivity contribution in [1.82, 2.24) is 0 Å². The summed E-state index contributed by atoms with van der Waals surface area (Å²) >= 11 is 5.41. The Labute approximate surface area is 91.1 Å². The summed E-state index contributed by atoms with van der Waals surface area (Å²) in [5, 5.41) is 8.42. The highest BCUT2D eigenvalue weighted by molar-refractivity contribution is 6.30. The second-order valence-electron chi connectivity index (χ2n) is 2.55. The van der Waals surface area contributed by atoms with Crippen molar-refractivity contribution in [3.63, 3.8) is 0 Å². The molecule has 0 spiro atoms. The van der Waals surface area contributed by atoms with Crippen LogP contribution in [0.1, 0.15) is 11.6 Å². The molecule has 0 radical (unpaired) electrons. The minimum absolute atomic E-state index is 0. The van der Waals surface area contributed by atoms with Gasteiger partial charge in [0.05, 0.1) is 17.7 Å². The standard InChI is InChI=1S/C8H8ClF2NO.ClH/c9-4-1-2-5(10)7(8(4)11)6(12)3-13;/h1-2,6,13H,3,12H2;1H/t6-;/m1./s1. The molecule has 0 aliphatic heterocycles. The number of hydrogen-bond acceptors (Lipinski definition) is 2. The molecule has 0 saturated heterocycles. The van der Waals surface area contributed by atoms with Gasteiger partial charge in [0.15, 0.2) is 0 Å². The molecule has 0 saturated carbocycles. The van der Waals surface area contributed by atoms with E-state index in [1.54, 1.807) is 0 Å². The fourth-order valence-electron chi connectivity index (χ4n) is 0.974. The van der Waals surface area contributed by atoms with Gasteiger partial charge in [0.1, 0.15) is 11.6 Å². The lowest BCUT2D eigenvalue weighted by Crippen LogP contribution is -2.18. The molecule has 1 aromatic carbocycles. The van der Waals surface area contributed by atoms with E-state index in [0.29, 0.717) is 0 Å². The van der Waals surface area contributed by atoms with Crippen molar-refractivity contribution in [2.45, 2.75) is 6.04 Å². The Hall–Kier alpha value is -0.420. The smallest absolute Gasteiger partial charge is 0.149 e. The molecule has 0 amide bonds. The quantitative estimate of drug-likeness (QED) is 0.782. The van der Waals surface area contributed by atoms with Gasteiger partial charge in [0.2, 0.25) is 0 Å². The van der Waals surface area contributed by atoms with E-state index < -0.39 is 24.3 Å². The molecule has 0 aliphatic carbocycles. The summed E-state index contributed by atoms with van der Waals surface area (Å²) < 4.78 is 26.1. The first-order chi connectivity index (χ1) is 6.07. The Bertz CT molecular complexity index is 322. The van der Waals surface area contributed by atoms with E-state index in [4.69, 9.17) is 22.4 Å². The van der Waals surface area contributed by atoms with Crippen molar-refractivity contribution in [3.05, 3.63) is 34.4 Å². The Balaban J connectivity index is 0.00000169. The average molecular weight is 244 g/mol. The summed E-state index contributed by atoms with van der Waals surface area (Å²) in [6.07, 6.45) is 0. The zero-order valence-electron chi connectivity index (χ0n) is 7.01. The SMILES string of the molecule is Cl.N[C@H](CO)c1c(F)ccc(Cl)c1F. The van der Waals surface area contributed by atoms with Gasteiger partial charge in [-0.15, -0.1) is 12.4 Å². The van der Waals surface area contributed by atoms with Crippen molar-refractivity contribution < 1.29 is 13.9 Å². The molecule has 0 fully saturated rings. The summed E-state index contributed by atoms with van der Waals surface area (Å²) in [7, 11) is 0. The Morgan fingerprint density at radius 1 is 1.43 bits per heavy atom. The second-order valence-corrected chi connectivity index (χ2v) is 2.95. The van der Waals surface area contributed by atoms with Gasteiger partial charge in [0, 0.05) is 5.56 Å². The molecule has 3 N–H and O–H groups in total. The molecule has 14 heavy (non-hydrogen) atoms. The number of aliphatic hydroxyl groups excluding tert-OH is 1. The maximum absolute atomic E-state index is 13.1. The third-order valence-electron chi connectivity index (χ3n) is 1.65. The first-order valence-corrected chi connectivity index (χ1v) is 3.95. The van der Waals surface area contributed by atoms with Crippen molar-refractivity contribution in [1.29, 1.82) is 0 Å². The molecular formula is C8H9Cl2F2NO. The molecule has 0 aliphatic rings. The molecule has 1 rings (SSSR count). The maximum atomic E-state index is 13.1. The third kappa shape index (κ3) is 2.54. The number of hydrogen-bond donors (Lipinski definition) is 2. The first kappa shape index (κ1) is 13.6. The van der Waals surface area contributed by atoms with E-state index in [0.717, 1.165) is 12.1 Å². The van der Waals surface area contributed by atoms with Gasteiger partial charge in [-0.05, 0) is 12.1 Å². The highest BCUT2D eigenvalue weighted by Crippen LogP contribution is 2.24. The number of rotatable bonds is 2. The van der Waals surface area contributed by atoms with E-state index in [1.807, 2.05) is 0 Å². The number of aliphatic hydroxyl groups is 1. The molecule has 80 valence electrons. The van der Waals surface area contributed by atoms with Crippen molar-refractivity contribution in [3.8, 4) is 0 Å². The van der Waals surface area contributed by atoms with Gasteiger partial charge < -0.3 is 10.8 Å². The van der Waals surface area contributed by atoms with E-state index in [9.17, 15) is 8.78 Å². The number of nitrogens with two attached hydrogens (primary N) is 1. The predicted molar refractivity (Wildman–Crippen MR) is 52.6 cm³/mol.